The van der Waals surface area contributed by atoms with Gasteiger partial charge in [0.25, 0.3) is 0 Å². The molecule has 3 heterocycles. The molecule has 1 unspecified atom stereocenters. The molecule has 2 nitrogen and oxygen atoms in total. The smallest absolute Gasteiger partial charge is 0.158 e. The van der Waals surface area contributed by atoms with E-state index in [0.717, 1.165) is 25.0 Å². The maximum atomic E-state index is 4.47. The van der Waals surface area contributed by atoms with Gasteiger partial charge in [-0.2, -0.15) is 0 Å². The van der Waals surface area contributed by atoms with Crippen LogP contribution in [0.3, 0.4) is 0 Å². The van der Waals surface area contributed by atoms with E-state index in [9.17, 15) is 0 Å². The van der Waals surface area contributed by atoms with Crippen LogP contribution in [0, 0.1) is 12.8 Å². The van der Waals surface area contributed by atoms with E-state index in [-0.39, 0.29) is 0 Å². The van der Waals surface area contributed by atoms with Crippen molar-refractivity contribution >= 4 is 25.6 Å². The highest BCUT2D eigenvalue weighted by Gasteiger charge is 2.35. The molecule has 0 bridgehead atoms. The maximum Gasteiger partial charge on any atom is 0.158 e. The third kappa shape index (κ3) is 2.66. The molecule has 2 fully saturated rings. The van der Waals surface area contributed by atoms with Crippen LogP contribution in [-0.4, -0.2) is 48.7 Å². The Balaban J connectivity index is 1.36. The first-order valence-corrected chi connectivity index (χ1v) is 8.89. The average Bonchev–Trinajstić information content (AvgIpc) is 3.04. The minimum atomic E-state index is 0.764. The molecule has 1 aromatic rings. The number of benzene rings is 1. The normalized spacial score (nSPS) is 26.7. The van der Waals surface area contributed by atoms with Crippen LogP contribution in [0.25, 0.3) is 0 Å². The summed E-state index contributed by atoms with van der Waals surface area (Å²) < 4.78 is 2.17. The molecule has 0 spiro atoms. The second-order valence-electron chi connectivity index (χ2n) is 7.22. The van der Waals surface area contributed by atoms with Gasteiger partial charge in [-0.3, -0.25) is 9.21 Å². The molecule has 3 aliphatic rings. The lowest BCUT2D eigenvalue weighted by atomic mass is 9.69. The number of hydrogen-bond acceptors (Lipinski definition) is 3. The van der Waals surface area contributed by atoms with Gasteiger partial charge in [-0.05, 0) is 37.7 Å². The first kappa shape index (κ1) is 14.2. The van der Waals surface area contributed by atoms with Crippen molar-refractivity contribution in [1.29, 1.82) is 0 Å². The monoisotopic (exact) mass is 300 g/mol. The van der Waals surface area contributed by atoms with Crippen molar-refractivity contribution in [2.24, 2.45) is 5.92 Å². The second kappa shape index (κ2) is 5.64. The molecule has 0 aromatic heterocycles. The molecule has 0 N–H and O–H groups in total. The molecular weight excluding hydrogens is 275 g/mol. The van der Waals surface area contributed by atoms with Crippen LogP contribution in [0.4, 0.5) is 0 Å². The highest BCUT2D eigenvalue weighted by molar-refractivity contribution is 7.77. The predicted octanol–water partition coefficient (Wildman–Crippen LogP) is 1.42. The van der Waals surface area contributed by atoms with Crippen molar-refractivity contribution in [1.82, 2.24) is 9.21 Å². The zero-order chi connectivity index (χ0) is 14.4. The van der Waals surface area contributed by atoms with Crippen molar-refractivity contribution in [3.05, 3.63) is 28.8 Å². The number of likely N-dealkylation sites (tertiary alicyclic amines) is 1. The Morgan fingerprint density at radius 1 is 1.29 bits per heavy atom. The van der Waals surface area contributed by atoms with E-state index >= 15 is 0 Å². The van der Waals surface area contributed by atoms with Gasteiger partial charge in [0, 0.05) is 32.2 Å². The van der Waals surface area contributed by atoms with Crippen molar-refractivity contribution < 1.29 is 0 Å². The van der Waals surface area contributed by atoms with Gasteiger partial charge in [0.1, 0.15) is 0 Å². The van der Waals surface area contributed by atoms with Gasteiger partial charge < -0.3 is 0 Å². The van der Waals surface area contributed by atoms with E-state index in [1.807, 2.05) is 0 Å². The van der Waals surface area contributed by atoms with Gasteiger partial charge in [0.05, 0.1) is 0 Å². The summed E-state index contributed by atoms with van der Waals surface area (Å²) in [5, 5.41) is 0. The minimum absolute atomic E-state index is 0.764. The summed E-state index contributed by atoms with van der Waals surface area (Å²) in [7, 11) is 1.31. The number of nitrogens with zero attached hydrogens (tertiary/aromatic N) is 2. The molecule has 0 saturated carbocycles. The highest BCUT2D eigenvalue weighted by atomic mass is 32.1. The molecule has 3 aliphatic heterocycles. The Morgan fingerprint density at radius 2 is 2.14 bits per heavy atom. The van der Waals surface area contributed by atoms with Crippen LogP contribution in [0.1, 0.15) is 23.1 Å². The fourth-order valence-corrected chi connectivity index (χ4v) is 4.79. The van der Waals surface area contributed by atoms with Gasteiger partial charge in [0.2, 0.25) is 0 Å². The summed E-state index contributed by atoms with van der Waals surface area (Å²) in [6.07, 6.45) is 5.25. The molecule has 0 aliphatic carbocycles. The Bertz CT molecular complexity index is 542. The SMILES string of the molecule is Cc1c(CC2CN(C3CCN(S)C3)C2)ccc2c1BCC2. The van der Waals surface area contributed by atoms with Crippen LogP contribution in [0.5, 0.6) is 0 Å². The zero-order valence-electron chi connectivity index (χ0n) is 13.0. The lowest BCUT2D eigenvalue weighted by Crippen LogP contribution is -2.53. The van der Waals surface area contributed by atoms with Gasteiger partial charge in [-0.25, -0.2) is 0 Å². The van der Waals surface area contributed by atoms with Crippen molar-refractivity contribution in [3.8, 4) is 0 Å². The first-order valence-electron chi connectivity index (χ1n) is 8.49. The maximum absolute atomic E-state index is 4.47. The third-order valence-electron chi connectivity index (χ3n) is 5.83. The van der Waals surface area contributed by atoms with E-state index in [4.69, 9.17) is 0 Å². The standard InChI is InChI=1S/C17H25BN2S/c1-12-15(3-2-14-4-6-18-17(12)14)8-13-9-19(10-13)16-5-7-20(21)11-16/h2-3,13,16,18,21H,4-11H2,1H3. The van der Waals surface area contributed by atoms with E-state index in [0.29, 0.717) is 0 Å². The van der Waals surface area contributed by atoms with Crippen molar-refractivity contribution in [3.63, 3.8) is 0 Å². The van der Waals surface area contributed by atoms with Gasteiger partial charge in [-0.15, -0.1) is 0 Å². The number of aryl methyl sites for hydroxylation is 1. The number of fused-ring (bicyclic) bond motifs is 1. The lowest BCUT2D eigenvalue weighted by molar-refractivity contribution is 0.0590. The molecule has 1 aromatic carbocycles. The van der Waals surface area contributed by atoms with Crippen LogP contribution < -0.4 is 5.46 Å². The Labute approximate surface area is 134 Å². The summed E-state index contributed by atoms with van der Waals surface area (Å²) in [4.78, 5) is 2.67. The van der Waals surface area contributed by atoms with Crippen LogP contribution in [0.15, 0.2) is 12.1 Å². The van der Waals surface area contributed by atoms with Crippen molar-refractivity contribution in [2.75, 3.05) is 26.2 Å². The molecule has 2 saturated heterocycles. The highest BCUT2D eigenvalue weighted by Crippen LogP contribution is 2.28. The minimum Gasteiger partial charge on any atom is -0.298 e. The fraction of sp³-hybridized carbons (Fsp3) is 0.647. The van der Waals surface area contributed by atoms with E-state index in [2.05, 4.69) is 41.1 Å². The van der Waals surface area contributed by atoms with Gasteiger partial charge in [0.15, 0.2) is 7.28 Å². The van der Waals surface area contributed by atoms with E-state index < -0.39 is 0 Å². The Morgan fingerprint density at radius 3 is 2.90 bits per heavy atom. The Kier molecular flexibility index (Phi) is 3.80. The summed E-state index contributed by atoms with van der Waals surface area (Å²) in [5.41, 5.74) is 6.50. The molecular formula is C17H25BN2S. The lowest BCUT2D eigenvalue weighted by Gasteiger charge is -2.43. The molecule has 112 valence electrons. The quantitative estimate of drug-likeness (QED) is 0.666. The number of hydrogen-bond donors (Lipinski definition) is 1. The van der Waals surface area contributed by atoms with Gasteiger partial charge in [-0.1, -0.05) is 47.9 Å². The van der Waals surface area contributed by atoms with Crippen molar-refractivity contribution in [2.45, 2.75) is 38.5 Å². The number of rotatable bonds is 3. The average molecular weight is 300 g/mol. The molecule has 0 amide bonds. The summed E-state index contributed by atoms with van der Waals surface area (Å²) in [5.74, 6) is 0.872. The van der Waals surface area contributed by atoms with Crippen LogP contribution in [0.2, 0.25) is 6.32 Å². The van der Waals surface area contributed by atoms with Crippen LogP contribution in [-0.2, 0) is 12.8 Å². The summed E-state index contributed by atoms with van der Waals surface area (Å²) >= 11 is 4.47. The Hall–Kier alpha value is -0.445. The number of thiol groups is 1. The largest absolute Gasteiger partial charge is 0.298 e. The second-order valence-corrected chi connectivity index (χ2v) is 7.79. The summed E-state index contributed by atoms with van der Waals surface area (Å²) in [6, 6.07) is 5.57. The predicted molar refractivity (Wildman–Crippen MR) is 94.2 cm³/mol. The van der Waals surface area contributed by atoms with E-state index in [1.54, 1.807) is 22.2 Å². The fourth-order valence-electron chi connectivity index (χ4n) is 4.49. The van der Waals surface area contributed by atoms with Gasteiger partial charge >= 0.3 is 0 Å². The zero-order valence-corrected chi connectivity index (χ0v) is 13.9. The summed E-state index contributed by atoms with van der Waals surface area (Å²) in [6.45, 7) is 7.24. The van der Waals surface area contributed by atoms with E-state index in [1.165, 1.54) is 46.0 Å². The molecule has 4 heteroatoms. The molecule has 4 rings (SSSR count). The molecule has 0 radical (unpaired) electrons. The molecule has 1 atom stereocenters. The van der Waals surface area contributed by atoms with Crippen LogP contribution >= 0.6 is 12.8 Å². The topological polar surface area (TPSA) is 6.48 Å². The third-order valence-corrected chi connectivity index (χ3v) is 6.20. The molecule has 21 heavy (non-hydrogen) atoms. The first-order chi connectivity index (χ1) is 10.2.